The van der Waals surface area contributed by atoms with Gasteiger partial charge in [-0.15, -0.1) is 0 Å². The molecule has 2 aromatic carbocycles. The molecule has 0 aliphatic carbocycles. The summed E-state index contributed by atoms with van der Waals surface area (Å²) in [5.74, 6) is -2.00. The quantitative estimate of drug-likeness (QED) is 0.479. The van der Waals surface area contributed by atoms with Gasteiger partial charge in [0.15, 0.2) is 0 Å². The summed E-state index contributed by atoms with van der Waals surface area (Å²) in [6, 6.07) is 12.4. The first-order chi connectivity index (χ1) is 12.0. The normalized spacial score (nSPS) is 14.2. The van der Waals surface area contributed by atoms with Crippen LogP contribution in [0.3, 0.4) is 0 Å². The maximum absolute atomic E-state index is 12.6. The van der Waals surface area contributed by atoms with Crippen LogP contribution in [-0.2, 0) is 14.3 Å². The Morgan fingerprint density at radius 1 is 1.12 bits per heavy atom. The molecule has 0 bridgehead atoms. The van der Waals surface area contributed by atoms with Gasteiger partial charge in [0.1, 0.15) is 0 Å². The van der Waals surface area contributed by atoms with E-state index in [2.05, 4.69) is 6.58 Å². The van der Waals surface area contributed by atoms with Gasteiger partial charge in [0, 0.05) is 5.02 Å². The zero-order valence-corrected chi connectivity index (χ0v) is 14.1. The molecule has 25 heavy (non-hydrogen) atoms. The molecule has 0 aromatic heterocycles. The van der Waals surface area contributed by atoms with E-state index in [1.54, 1.807) is 48.5 Å². The van der Waals surface area contributed by atoms with Gasteiger partial charge in [-0.05, 0) is 29.8 Å². The molecule has 126 valence electrons. The van der Waals surface area contributed by atoms with Crippen LogP contribution in [0.5, 0.6) is 0 Å². The number of methoxy groups -OCH3 is 1. The molecule has 0 fully saturated rings. The SMILES string of the molecule is C=C(C(=O)OC)[C@H](c1ccc(Cl)cc1)N1C(=O)C(=O)c2ccccc21. The second kappa shape index (κ2) is 6.53. The molecular weight excluding hydrogens is 342 g/mol. The number of ketones is 1. The van der Waals surface area contributed by atoms with Crippen LogP contribution in [0.2, 0.25) is 5.02 Å². The number of esters is 1. The van der Waals surface area contributed by atoms with Crippen molar-refractivity contribution in [1.29, 1.82) is 0 Å². The largest absolute Gasteiger partial charge is 0.466 e. The van der Waals surface area contributed by atoms with Crippen molar-refractivity contribution >= 4 is 34.9 Å². The highest BCUT2D eigenvalue weighted by molar-refractivity contribution is 6.52. The standard InChI is InChI=1S/C19H14ClNO4/c1-11(19(24)25-2)16(12-7-9-13(20)10-8-12)21-15-6-4-3-5-14(15)17(22)18(21)23/h3-10,16H,1H2,2H3/t16-/m1/s1. The summed E-state index contributed by atoms with van der Waals surface area (Å²) in [7, 11) is 1.23. The van der Waals surface area contributed by atoms with E-state index in [0.29, 0.717) is 21.8 Å². The van der Waals surface area contributed by atoms with Crippen molar-refractivity contribution in [2.45, 2.75) is 6.04 Å². The third-order valence-corrected chi connectivity index (χ3v) is 4.29. The molecule has 0 spiro atoms. The monoisotopic (exact) mass is 355 g/mol. The molecular formula is C19H14ClNO4. The fourth-order valence-corrected chi connectivity index (χ4v) is 2.99. The molecule has 0 unspecified atom stereocenters. The van der Waals surface area contributed by atoms with Crippen LogP contribution in [0.4, 0.5) is 5.69 Å². The van der Waals surface area contributed by atoms with Crippen LogP contribution in [0, 0.1) is 0 Å². The van der Waals surface area contributed by atoms with Crippen molar-refractivity contribution in [3.63, 3.8) is 0 Å². The lowest BCUT2D eigenvalue weighted by molar-refractivity contribution is -0.136. The number of para-hydroxylation sites is 1. The number of hydrogen-bond donors (Lipinski definition) is 0. The number of nitrogens with zero attached hydrogens (tertiary/aromatic N) is 1. The van der Waals surface area contributed by atoms with Gasteiger partial charge in [-0.2, -0.15) is 0 Å². The lowest BCUT2D eigenvalue weighted by atomic mass is 9.97. The van der Waals surface area contributed by atoms with E-state index >= 15 is 0 Å². The van der Waals surface area contributed by atoms with Crippen LogP contribution < -0.4 is 4.90 Å². The number of benzene rings is 2. The summed E-state index contributed by atoms with van der Waals surface area (Å²) in [5.41, 5.74) is 1.37. The molecule has 0 saturated carbocycles. The lowest BCUT2D eigenvalue weighted by Crippen LogP contribution is -2.36. The third-order valence-electron chi connectivity index (χ3n) is 4.04. The Kier molecular flexibility index (Phi) is 4.42. The molecule has 0 saturated heterocycles. The summed E-state index contributed by atoms with van der Waals surface area (Å²) in [4.78, 5) is 38.3. The van der Waals surface area contributed by atoms with E-state index < -0.39 is 23.7 Å². The highest BCUT2D eigenvalue weighted by atomic mass is 35.5. The lowest BCUT2D eigenvalue weighted by Gasteiger charge is -2.29. The minimum Gasteiger partial charge on any atom is -0.466 e. The smallest absolute Gasteiger partial charge is 0.335 e. The number of Topliss-reactive ketones (excluding diaryl/α,β-unsaturated/α-hetero) is 1. The fraction of sp³-hybridized carbons (Fsp3) is 0.105. The van der Waals surface area contributed by atoms with Crippen molar-refractivity contribution in [3.8, 4) is 0 Å². The van der Waals surface area contributed by atoms with Crippen molar-refractivity contribution in [3.05, 3.63) is 76.8 Å². The predicted molar refractivity (Wildman–Crippen MR) is 93.6 cm³/mol. The molecule has 1 amide bonds. The number of carbonyl (C=O) groups is 3. The number of carbonyl (C=O) groups excluding carboxylic acids is 3. The number of amides is 1. The van der Waals surface area contributed by atoms with Crippen molar-refractivity contribution in [2.24, 2.45) is 0 Å². The van der Waals surface area contributed by atoms with Crippen LogP contribution >= 0.6 is 11.6 Å². The second-order valence-electron chi connectivity index (χ2n) is 5.49. The van der Waals surface area contributed by atoms with Gasteiger partial charge in [-0.3, -0.25) is 14.5 Å². The van der Waals surface area contributed by atoms with E-state index in [-0.39, 0.29) is 5.57 Å². The van der Waals surface area contributed by atoms with E-state index in [1.165, 1.54) is 12.0 Å². The van der Waals surface area contributed by atoms with Crippen molar-refractivity contribution in [2.75, 3.05) is 12.0 Å². The number of ether oxygens (including phenoxy) is 1. The zero-order valence-electron chi connectivity index (χ0n) is 13.4. The molecule has 6 heteroatoms. The molecule has 1 aliphatic rings. The molecule has 2 aromatic rings. The second-order valence-corrected chi connectivity index (χ2v) is 5.93. The van der Waals surface area contributed by atoms with E-state index in [4.69, 9.17) is 16.3 Å². The average molecular weight is 356 g/mol. The number of fused-ring (bicyclic) bond motifs is 1. The summed E-state index contributed by atoms with van der Waals surface area (Å²) in [6.45, 7) is 3.79. The first-order valence-electron chi connectivity index (χ1n) is 7.45. The van der Waals surface area contributed by atoms with Crippen LogP contribution in [0.25, 0.3) is 0 Å². The average Bonchev–Trinajstić information content (AvgIpc) is 2.88. The van der Waals surface area contributed by atoms with Gasteiger partial charge in [-0.1, -0.05) is 42.4 Å². The number of hydrogen-bond acceptors (Lipinski definition) is 4. The highest BCUT2D eigenvalue weighted by Crippen LogP contribution is 2.39. The van der Waals surface area contributed by atoms with Gasteiger partial charge >= 0.3 is 5.97 Å². The van der Waals surface area contributed by atoms with Crippen LogP contribution in [0.1, 0.15) is 22.0 Å². The molecule has 5 nitrogen and oxygen atoms in total. The third kappa shape index (κ3) is 2.83. The van der Waals surface area contributed by atoms with Gasteiger partial charge in [0.25, 0.3) is 11.7 Å². The Labute approximate surface area is 149 Å². The molecule has 0 radical (unpaired) electrons. The molecule has 1 heterocycles. The van der Waals surface area contributed by atoms with E-state index in [9.17, 15) is 14.4 Å². The Bertz CT molecular complexity index is 889. The van der Waals surface area contributed by atoms with Crippen LogP contribution in [-0.4, -0.2) is 24.8 Å². The summed E-state index contributed by atoms with van der Waals surface area (Å²) in [6.07, 6.45) is 0. The number of rotatable bonds is 4. The van der Waals surface area contributed by atoms with Gasteiger partial charge in [0.05, 0.1) is 30.0 Å². The summed E-state index contributed by atoms with van der Waals surface area (Å²) < 4.78 is 4.76. The Morgan fingerprint density at radius 2 is 1.76 bits per heavy atom. The van der Waals surface area contributed by atoms with Gasteiger partial charge < -0.3 is 4.74 Å². The Balaban J connectivity index is 2.16. The van der Waals surface area contributed by atoms with E-state index in [0.717, 1.165) is 0 Å². The maximum atomic E-state index is 12.6. The Morgan fingerprint density at radius 3 is 2.40 bits per heavy atom. The van der Waals surface area contributed by atoms with Gasteiger partial charge in [-0.25, -0.2) is 4.79 Å². The minimum absolute atomic E-state index is 0.0441. The first kappa shape index (κ1) is 16.9. The highest BCUT2D eigenvalue weighted by Gasteiger charge is 2.42. The van der Waals surface area contributed by atoms with Gasteiger partial charge in [0.2, 0.25) is 0 Å². The summed E-state index contributed by atoms with van der Waals surface area (Å²) >= 11 is 5.93. The minimum atomic E-state index is -0.871. The number of anilines is 1. The zero-order chi connectivity index (χ0) is 18.1. The summed E-state index contributed by atoms with van der Waals surface area (Å²) in [5, 5.41) is 0.510. The Hall–Kier alpha value is -2.92. The molecule has 0 N–H and O–H groups in total. The molecule has 3 rings (SSSR count). The van der Waals surface area contributed by atoms with Crippen molar-refractivity contribution in [1.82, 2.24) is 0 Å². The first-order valence-corrected chi connectivity index (χ1v) is 7.83. The topological polar surface area (TPSA) is 63.7 Å². The van der Waals surface area contributed by atoms with Crippen molar-refractivity contribution < 1.29 is 19.1 Å². The van der Waals surface area contributed by atoms with E-state index in [1.807, 2.05) is 0 Å². The molecule has 1 atom stereocenters. The fourth-order valence-electron chi connectivity index (χ4n) is 2.86. The maximum Gasteiger partial charge on any atom is 0.335 e. The molecule has 1 aliphatic heterocycles. The van der Waals surface area contributed by atoms with Crippen LogP contribution in [0.15, 0.2) is 60.7 Å². The predicted octanol–water partition coefficient (Wildman–Crippen LogP) is 3.34. The number of halogens is 1.